The number of nitrogens with zero attached hydrogens (tertiary/aromatic N) is 1. The van der Waals surface area contributed by atoms with Gasteiger partial charge in [0.15, 0.2) is 0 Å². The lowest BCUT2D eigenvalue weighted by Crippen LogP contribution is -2.28. The average Bonchev–Trinajstić information content (AvgIpc) is 2.58. The van der Waals surface area contributed by atoms with E-state index in [-0.39, 0.29) is 5.75 Å². The number of hydrogen-bond donors (Lipinski definition) is 1. The minimum Gasteiger partial charge on any atom is -0.378 e. The quantitative estimate of drug-likeness (QED) is 0.710. The maximum atomic E-state index is 12.0. The highest BCUT2D eigenvalue weighted by atomic mass is 32.2. The third-order valence-corrected chi connectivity index (χ3v) is 5.30. The van der Waals surface area contributed by atoms with Gasteiger partial charge < -0.3 is 4.90 Å². The van der Waals surface area contributed by atoms with E-state index in [4.69, 9.17) is 0 Å². The molecule has 0 aromatic heterocycles. The van der Waals surface area contributed by atoms with Crippen LogP contribution < -0.4 is 9.62 Å². The molecule has 0 aliphatic rings. The first-order chi connectivity index (χ1) is 11.5. The van der Waals surface area contributed by atoms with Crippen molar-refractivity contribution in [3.05, 3.63) is 65.7 Å². The van der Waals surface area contributed by atoms with Gasteiger partial charge in [-0.15, -0.1) is 0 Å². The largest absolute Gasteiger partial charge is 0.378 e. The second-order valence-electron chi connectivity index (χ2n) is 6.11. The van der Waals surface area contributed by atoms with Crippen molar-refractivity contribution in [2.24, 2.45) is 0 Å². The molecule has 0 aliphatic heterocycles. The molecule has 24 heavy (non-hydrogen) atoms. The van der Waals surface area contributed by atoms with Gasteiger partial charge in [-0.05, 0) is 42.5 Å². The lowest BCUT2D eigenvalue weighted by Gasteiger charge is -2.12. The molecule has 0 saturated heterocycles. The van der Waals surface area contributed by atoms with E-state index < -0.39 is 10.0 Å². The van der Waals surface area contributed by atoms with Crippen LogP contribution in [0.1, 0.15) is 17.5 Å². The van der Waals surface area contributed by atoms with Gasteiger partial charge >= 0.3 is 0 Å². The number of nitrogens with one attached hydrogen (secondary N) is 1. The van der Waals surface area contributed by atoms with E-state index in [9.17, 15) is 8.42 Å². The van der Waals surface area contributed by atoms with Crippen molar-refractivity contribution >= 4 is 15.7 Å². The summed E-state index contributed by atoms with van der Waals surface area (Å²) < 4.78 is 26.7. The average molecular weight is 346 g/mol. The molecular formula is C19H26N2O2S. The molecule has 5 heteroatoms. The third-order valence-electron chi connectivity index (χ3n) is 3.92. The Labute approximate surface area is 145 Å². The van der Waals surface area contributed by atoms with Gasteiger partial charge in [0.1, 0.15) is 0 Å². The molecule has 4 nitrogen and oxygen atoms in total. The molecular weight excluding hydrogens is 320 g/mol. The van der Waals surface area contributed by atoms with Crippen molar-refractivity contribution in [3.8, 4) is 0 Å². The van der Waals surface area contributed by atoms with Crippen molar-refractivity contribution in [3.63, 3.8) is 0 Å². The molecule has 0 radical (unpaired) electrons. The predicted octanol–water partition coefficient (Wildman–Crippen LogP) is 2.85. The van der Waals surface area contributed by atoms with Gasteiger partial charge in [0.2, 0.25) is 10.0 Å². The van der Waals surface area contributed by atoms with E-state index in [2.05, 4.69) is 33.9 Å². The standard InChI is InChI=1S/C19H26N2O2S/c1-21(2)19-12-10-18(11-13-19)9-6-15-20-24(22,23)16-14-17-7-4-3-5-8-17/h3-5,7-8,10-13,20H,6,9,14-16H2,1-2H3. The first kappa shape index (κ1) is 18.5. The maximum Gasteiger partial charge on any atom is 0.211 e. The van der Waals surface area contributed by atoms with Gasteiger partial charge in [0.25, 0.3) is 0 Å². The Morgan fingerprint density at radius 3 is 2.12 bits per heavy atom. The van der Waals surface area contributed by atoms with E-state index in [1.807, 2.05) is 44.4 Å². The molecule has 2 aromatic rings. The zero-order chi connectivity index (χ0) is 17.4. The van der Waals surface area contributed by atoms with Crippen molar-refractivity contribution in [1.29, 1.82) is 0 Å². The molecule has 0 aliphatic carbocycles. The van der Waals surface area contributed by atoms with Gasteiger partial charge in [0.05, 0.1) is 5.75 Å². The Morgan fingerprint density at radius 2 is 1.50 bits per heavy atom. The van der Waals surface area contributed by atoms with Crippen LogP contribution in [-0.4, -0.2) is 34.8 Å². The van der Waals surface area contributed by atoms with Crippen molar-refractivity contribution in [2.75, 3.05) is 31.3 Å². The molecule has 0 amide bonds. The minimum absolute atomic E-state index is 0.133. The van der Waals surface area contributed by atoms with Gasteiger partial charge in [-0.3, -0.25) is 0 Å². The molecule has 130 valence electrons. The summed E-state index contributed by atoms with van der Waals surface area (Å²) in [5, 5.41) is 0. The van der Waals surface area contributed by atoms with Crippen LogP contribution in [0.25, 0.3) is 0 Å². The number of aryl methyl sites for hydroxylation is 2. The van der Waals surface area contributed by atoms with Gasteiger partial charge in [-0.2, -0.15) is 0 Å². The van der Waals surface area contributed by atoms with Crippen molar-refractivity contribution in [1.82, 2.24) is 4.72 Å². The summed E-state index contributed by atoms with van der Waals surface area (Å²) in [5.41, 5.74) is 3.44. The van der Waals surface area contributed by atoms with E-state index in [0.717, 1.165) is 18.4 Å². The van der Waals surface area contributed by atoms with Gasteiger partial charge in [0, 0.05) is 26.3 Å². The topological polar surface area (TPSA) is 49.4 Å². The lowest BCUT2D eigenvalue weighted by atomic mass is 10.1. The Kier molecular flexibility index (Phi) is 6.82. The Bertz CT molecular complexity index is 711. The third kappa shape index (κ3) is 6.34. The first-order valence-corrected chi connectivity index (χ1v) is 9.89. The number of sulfonamides is 1. The highest BCUT2D eigenvalue weighted by Crippen LogP contribution is 2.13. The van der Waals surface area contributed by atoms with Crippen LogP contribution >= 0.6 is 0 Å². The van der Waals surface area contributed by atoms with Gasteiger partial charge in [-0.25, -0.2) is 13.1 Å². The van der Waals surface area contributed by atoms with E-state index in [0.29, 0.717) is 13.0 Å². The Balaban J connectivity index is 1.70. The highest BCUT2D eigenvalue weighted by Gasteiger charge is 2.09. The molecule has 0 bridgehead atoms. The number of rotatable bonds is 9. The van der Waals surface area contributed by atoms with Crippen molar-refractivity contribution in [2.45, 2.75) is 19.3 Å². The number of hydrogen-bond acceptors (Lipinski definition) is 3. The summed E-state index contributed by atoms with van der Waals surface area (Å²) in [5.74, 6) is 0.133. The number of anilines is 1. The minimum atomic E-state index is -3.21. The summed E-state index contributed by atoms with van der Waals surface area (Å²) in [6.45, 7) is 0.479. The fraction of sp³-hybridized carbons (Fsp3) is 0.368. The van der Waals surface area contributed by atoms with Crippen LogP contribution in [0.15, 0.2) is 54.6 Å². The SMILES string of the molecule is CN(C)c1ccc(CCCNS(=O)(=O)CCc2ccccc2)cc1. The van der Waals surface area contributed by atoms with E-state index in [1.54, 1.807) is 0 Å². The summed E-state index contributed by atoms with van der Waals surface area (Å²) >= 11 is 0. The normalized spacial score (nSPS) is 11.4. The monoisotopic (exact) mass is 346 g/mol. The smallest absolute Gasteiger partial charge is 0.211 e. The lowest BCUT2D eigenvalue weighted by molar-refractivity contribution is 0.578. The van der Waals surface area contributed by atoms with Gasteiger partial charge in [-0.1, -0.05) is 42.5 Å². The fourth-order valence-corrected chi connectivity index (χ4v) is 3.55. The molecule has 0 atom stereocenters. The maximum absolute atomic E-state index is 12.0. The number of benzene rings is 2. The summed E-state index contributed by atoms with van der Waals surface area (Å²) in [6, 6.07) is 18.0. The first-order valence-electron chi connectivity index (χ1n) is 8.24. The molecule has 0 unspecified atom stereocenters. The Morgan fingerprint density at radius 1 is 0.875 bits per heavy atom. The zero-order valence-electron chi connectivity index (χ0n) is 14.4. The summed E-state index contributed by atoms with van der Waals surface area (Å²) in [4.78, 5) is 2.06. The van der Waals surface area contributed by atoms with Crippen LogP contribution in [-0.2, 0) is 22.9 Å². The molecule has 0 heterocycles. The van der Waals surface area contributed by atoms with Crippen molar-refractivity contribution < 1.29 is 8.42 Å². The molecule has 1 N–H and O–H groups in total. The molecule has 0 fully saturated rings. The molecule has 0 spiro atoms. The Hall–Kier alpha value is -1.85. The van der Waals surface area contributed by atoms with Crippen LogP contribution in [0.4, 0.5) is 5.69 Å². The predicted molar refractivity (Wildman–Crippen MR) is 101 cm³/mol. The van der Waals surface area contributed by atoms with Crippen LogP contribution in [0.2, 0.25) is 0 Å². The summed E-state index contributed by atoms with van der Waals surface area (Å²) in [7, 11) is 0.817. The van der Waals surface area contributed by atoms with E-state index in [1.165, 1.54) is 11.3 Å². The van der Waals surface area contributed by atoms with Crippen LogP contribution in [0.3, 0.4) is 0 Å². The van der Waals surface area contributed by atoms with Crippen LogP contribution in [0.5, 0.6) is 0 Å². The van der Waals surface area contributed by atoms with E-state index >= 15 is 0 Å². The zero-order valence-corrected chi connectivity index (χ0v) is 15.2. The molecule has 2 aromatic carbocycles. The second kappa shape index (κ2) is 8.85. The second-order valence-corrected chi connectivity index (χ2v) is 8.04. The molecule has 0 saturated carbocycles. The summed E-state index contributed by atoms with van der Waals surface area (Å²) in [6.07, 6.45) is 2.21. The van der Waals surface area contributed by atoms with Crippen LogP contribution in [0, 0.1) is 0 Å². The highest BCUT2D eigenvalue weighted by molar-refractivity contribution is 7.89. The molecule has 2 rings (SSSR count). The fourth-order valence-electron chi connectivity index (χ4n) is 2.45.